The van der Waals surface area contributed by atoms with Gasteiger partial charge in [-0.25, -0.2) is 4.79 Å². The standard InChI is InChI=1S/C28H36N2O5/c1-5-6-11-18(16-24(31)32)29-26(33)25(28(2,3)4)30-27(34)35-17-23-21-14-9-7-12-19(21)20-13-8-10-15-22(20)23/h7-10,12-15,18,23,25H,5-6,11,16-17H2,1-4H3,(H,29,33)(H,30,34)(H,31,32)/t18?,25-/m1/s1. The van der Waals surface area contributed by atoms with Crippen LogP contribution in [0.4, 0.5) is 4.79 Å². The van der Waals surface area contributed by atoms with Crippen LogP contribution in [0.1, 0.15) is 70.4 Å². The number of benzene rings is 2. The molecule has 0 radical (unpaired) electrons. The van der Waals surface area contributed by atoms with E-state index in [1.807, 2.05) is 64.1 Å². The lowest BCUT2D eigenvalue weighted by Gasteiger charge is -2.31. The molecule has 188 valence electrons. The first-order valence-electron chi connectivity index (χ1n) is 12.3. The topological polar surface area (TPSA) is 105 Å². The summed E-state index contributed by atoms with van der Waals surface area (Å²) in [5.74, 6) is -1.46. The van der Waals surface area contributed by atoms with E-state index in [1.165, 1.54) is 0 Å². The van der Waals surface area contributed by atoms with Crippen molar-refractivity contribution in [1.82, 2.24) is 10.6 Å². The van der Waals surface area contributed by atoms with Gasteiger partial charge in [0, 0.05) is 12.0 Å². The van der Waals surface area contributed by atoms with Crippen molar-refractivity contribution < 1.29 is 24.2 Å². The van der Waals surface area contributed by atoms with Crippen molar-refractivity contribution in [3.05, 3.63) is 59.7 Å². The fourth-order valence-electron chi connectivity index (χ4n) is 4.60. The summed E-state index contributed by atoms with van der Waals surface area (Å²) in [5.41, 5.74) is 3.90. The Kier molecular flexibility index (Phi) is 8.54. The normalized spacial score (nSPS) is 14.4. The molecule has 0 bridgehead atoms. The van der Waals surface area contributed by atoms with Gasteiger partial charge < -0.3 is 20.5 Å². The van der Waals surface area contributed by atoms with E-state index in [0.29, 0.717) is 6.42 Å². The summed E-state index contributed by atoms with van der Waals surface area (Å²) in [4.78, 5) is 37.2. The van der Waals surface area contributed by atoms with Crippen LogP contribution in [-0.4, -0.2) is 41.8 Å². The van der Waals surface area contributed by atoms with Gasteiger partial charge in [-0.2, -0.15) is 0 Å². The van der Waals surface area contributed by atoms with E-state index in [0.717, 1.165) is 35.1 Å². The number of carboxylic acids is 1. The summed E-state index contributed by atoms with van der Waals surface area (Å²) in [6.45, 7) is 7.70. The van der Waals surface area contributed by atoms with Crippen LogP contribution in [0.2, 0.25) is 0 Å². The number of carbonyl (C=O) groups excluding carboxylic acids is 2. The zero-order valence-electron chi connectivity index (χ0n) is 21.0. The van der Waals surface area contributed by atoms with Crippen molar-refractivity contribution in [2.75, 3.05) is 6.61 Å². The second-order valence-electron chi connectivity index (χ2n) is 10.2. The first-order chi connectivity index (χ1) is 16.6. The zero-order valence-corrected chi connectivity index (χ0v) is 21.0. The van der Waals surface area contributed by atoms with Crippen LogP contribution in [-0.2, 0) is 14.3 Å². The highest BCUT2D eigenvalue weighted by Gasteiger charge is 2.35. The maximum absolute atomic E-state index is 13.1. The van der Waals surface area contributed by atoms with Crippen LogP contribution in [0.25, 0.3) is 11.1 Å². The zero-order chi connectivity index (χ0) is 25.6. The summed E-state index contributed by atoms with van der Waals surface area (Å²) in [6, 6.07) is 14.8. The quantitative estimate of drug-likeness (QED) is 0.439. The van der Waals surface area contributed by atoms with Gasteiger partial charge in [0.15, 0.2) is 0 Å². The number of unbranched alkanes of at least 4 members (excludes halogenated alkanes) is 1. The van der Waals surface area contributed by atoms with E-state index in [9.17, 15) is 19.5 Å². The van der Waals surface area contributed by atoms with Gasteiger partial charge in [0.1, 0.15) is 12.6 Å². The SMILES string of the molecule is CCCCC(CC(=O)O)NC(=O)[C@@H](NC(=O)OCC1c2ccccc2-c2ccccc21)C(C)(C)C. The van der Waals surface area contributed by atoms with Crippen molar-refractivity contribution >= 4 is 18.0 Å². The molecule has 0 spiro atoms. The minimum atomic E-state index is -0.969. The Morgan fingerprint density at radius 2 is 1.54 bits per heavy atom. The molecule has 1 aliphatic carbocycles. The molecule has 0 heterocycles. The predicted molar refractivity (Wildman–Crippen MR) is 135 cm³/mol. The molecule has 0 fully saturated rings. The van der Waals surface area contributed by atoms with Crippen molar-refractivity contribution in [3.8, 4) is 11.1 Å². The van der Waals surface area contributed by atoms with Crippen LogP contribution in [0.3, 0.4) is 0 Å². The van der Waals surface area contributed by atoms with Gasteiger partial charge in [-0.05, 0) is 34.1 Å². The summed E-state index contributed by atoms with van der Waals surface area (Å²) in [7, 11) is 0. The molecule has 35 heavy (non-hydrogen) atoms. The number of amides is 2. The fourth-order valence-corrected chi connectivity index (χ4v) is 4.60. The molecular formula is C28H36N2O5. The third kappa shape index (κ3) is 6.62. The lowest BCUT2D eigenvalue weighted by atomic mass is 9.86. The second kappa shape index (κ2) is 11.4. The molecule has 2 aromatic carbocycles. The highest BCUT2D eigenvalue weighted by molar-refractivity contribution is 5.87. The van der Waals surface area contributed by atoms with Crippen molar-refractivity contribution in [2.45, 2.75) is 71.4 Å². The molecule has 2 amide bonds. The molecule has 2 atom stereocenters. The number of hydrogen-bond donors (Lipinski definition) is 3. The average Bonchev–Trinajstić information content (AvgIpc) is 3.12. The van der Waals surface area contributed by atoms with E-state index in [2.05, 4.69) is 22.8 Å². The smallest absolute Gasteiger partial charge is 0.407 e. The predicted octanol–water partition coefficient (Wildman–Crippen LogP) is 5.09. The van der Waals surface area contributed by atoms with Gasteiger partial charge in [-0.15, -0.1) is 0 Å². The largest absolute Gasteiger partial charge is 0.481 e. The highest BCUT2D eigenvalue weighted by atomic mass is 16.5. The molecule has 7 heteroatoms. The third-order valence-corrected chi connectivity index (χ3v) is 6.41. The van der Waals surface area contributed by atoms with Gasteiger partial charge in [0.05, 0.1) is 6.42 Å². The number of fused-ring (bicyclic) bond motifs is 3. The summed E-state index contributed by atoms with van der Waals surface area (Å²) in [6.07, 6.45) is 1.43. The highest BCUT2D eigenvalue weighted by Crippen LogP contribution is 2.44. The molecular weight excluding hydrogens is 444 g/mol. The maximum atomic E-state index is 13.1. The van der Waals surface area contributed by atoms with Gasteiger partial charge in [0.25, 0.3) is 0 Å². The Balaban J connectivity index is 1.67. The molecule has 0 saturated heterocycles. The van der Waals surface area contributed by atoms with Crippen LogP contribution >= 0.6 is 0 Å². The summed E-state index contributed by atoms with van der Waals surface area (Å²) in [5, 5.41) is 14.8. The number of nitrogens with one attached hydrogen (secondary N) is 2. The lowest BCUT2D eigenvalue weighted by Crippen LogP contribution is -2.55. The fraction of sp³-hybridized carbons (Fsp3) is 0.464. The van der Waals surface area contributed by atoms with Crippen molar-refractivity contribution in [1.29, 1.82) is 0 Å². The Morgan fingerprint density at radius 3 is 2.06 bits per heavy atom. The number of ether oxygens (including phenoxy) is 1. The average molecular weight is 481 g/mol. The van der Waals surface area contributed by atoms with E-state index < -0.39 is 35.5 Å². The summed E-state index contributed by atoms with van der Waals surface area (Å²) < 4.78 is 5.63. The van der Waals surface area contributed by atoms with Gasteiger partial charge >= 0.3 is 12.1 Å². The number of hydrogen-bond acceptors (Lipinski definition) is 4. The first-order valence-corrected chi connectivity index (χ1v) is 12.3. The molecule has 0 aromatic heterocycles. The molecule has 2 aromatic rings. The first kappa shape index (κ1) is 26.3. The van der Waals surface area contributed by atoms with Crippen LogP contribution < -0.4 is 10.6 Å². The van der Waals surface area contributed by atoms with E-state index in [4.69, 9.17) is 4.74 Å². The Hall–Kier alpha value is -3.35. The summed E-state index contributed by atoms with van der Waals surface area (Å²) >= 11 is 0. The Bertz CT molecular complexity index is 1010. The molecule has 0 saturated carbocycles. The number of alkyl carbamates (subject to hydrolysis) is 1. The van der Waals surface area contributed by atoms with E-state index in [-0.39, 0.29) is 18.9 Å². The lowest BCUT2D eigenvalue weighted by molar-refractivity contribution is -0.138. The van der Waals surface area contributed by atoms with Crippen LogP contribution in [0.15, 0.2) is 48.5 Å². The number of aliphatic carboxylic acids is 1. The Labute approximate surface area is 207 Å². The van der Waals surface area contributed by atoms with Crippen molar-refractivity contribution in [2.24, 2.45) is 5.41 Å². The number of rotatable bonds is 10. The number of carboxylic acid groups (broad SMARTS) is 1. The molecule has 7 nitrogen and oxygen atoms in total. The third-order valence-electron chi connectivity index (χ3n) is 6.41. The number of carbonyl (C=O) groups is 3. The molecule has 3 rings (SSSR count). The minimum Gasteiger partial charge on any atom is -0.481 e. The van der Waals surface area contributed by atoms with Gasteiger partial charge in [-0.3, -0.25) is 9.59 Å². The van der Waals surface area contributed by atoms with Crippen molar-refractivity contribution in [3.63, 3.8) is 0 Å². The van der Waals surface area contributed by atoms with Crippen LogP contribution in [0.5, 0.6) is 0 Å². The molecule has 0 aliphatic heterocycles. The molecule has 3 N–H and O–H groups in total. The maximum Gasteiger partial charge on any atom is 0.407 e. The molecule has 1 unspecified atom stereocenters. The Morgan fingerprint density at radius 1 is 0.971 bits per heavy atom. The van der Waals surface area contributed by atoms with Gasteiger partial charge in [-0.1, -0.05) is 89.1 Å². The van der Waals surface area contributed by atoms with E-state index in [1.54, 1.807) is 0 Å². The van der Waals surface area contributed by atoms with Crippen LogP contribution in [0, 0.1) is 5.41 Å². The molecule has 1 aliphatic rings. The van der Waals surface area contributed by atoms with Gasteiger partial charge in [0.2, 0.25) is 5.91 Å². The minimum absolute atomic E-state index is 0.0796. The monoisotopic (exact) mass is 480 g/mol. The second-order valence-corrected chi connectivity index (χ2v) is 10.2. The van der Waals surface area contributed by atoms with E-state index >= 15 is 0 Å².